The number of carbonyl (C=O) groups is 8. The van der Waals surface area contributed by atoms with E-state index >= 15 is 0 Å². The molecule has 0 aliphatic rings. The first-order valence-electron chi connectivity index (χ1n) is 25.4. The Morgan fingerprint density at radius 1 is 0.584 bits per heavy atom. The van der Waals surface area contributed by atoms with Crippen LogP contribution in [-0.4, -0.2) is 141 Å². The number of H-pyrrole nitrogens is 1. The lowest BCUT2D eigenvalue weighted by Crippen LogP contribution is -2.61. The first-order chi connectivity index (χ1) is 36.9. The van der Waals surface area contributed by atoms with Gasteiger partial charge >= 0.3 is 0 Å². The minimum atomic E-state index is -1.39. The van der Waals surface area contributed by atoms with Crippen molar-refractivity contribution in [3.63, 3.8) is 0 Å². The Morgan fingerprint density at radius 3 is 1.73 bits per heavy atom. The number of rotatable bonds is 30. The molecule has 0 saturated carbocycles. The number of phenols is 1. The average Bonchev–Trinajstić information content (AvgIpc) is 3.84. The second-order valence-corrected chi connectivity index (χ2v) is 19.5. The molecule has 0 spiro atoms. The molecule has 77 heavy (non-hydrogen) atoms. The number of nitrogens with two attached hydrogens (primary N) is 3. The average molecular weight is 1100 g/mol. The maximum Gasteiger partial charge on any atom is 0.244 e. The largest absolute Gasteiger partial charge is 0.508 e. The summed E-state index contributed by atoms with van der Waals surface area (Å²) in [5.41, 5.74) is 20.3. The van der Waals surface area contributed by atoms with E-state index in [1.165, 1.54) is 19.1 Å². The quantitative estimate of drug-likeness (QED) is 0.0214. The molecular weight excluding hydrogens is 1030 g/mol. The van der Waals surface area contributed by atoms with Gasteiger partial charge in [0.25, 0.3) is 0 Å². The number of para-hydroxylation sites is 1. The molecule has 7 amide bonds. The van der Waals surface area contributed by atoms with E-state index in [0.717, 1.165) is 27.2 Å². The Balaban J connectivity index is 1.37. The molecule has 4 aromatic carbocycles. The lowest BCUT2D eigenvalue weighted by atomic mass is 10.0. The summed E-state index contributed by atoms with van der Waals surface area (Å²) >= 11 is 8.54. The summed E-state index contributed by atoms with van der Waals surface area (Å²) in [5, 5.41) is 41.4. The number of carbonyl (C=O) groups excluding carboxylic acids is 8. The number of Topliss-reactive ketones (excluding diaryl/α,β-unsaturated/α-hetero) is 1. The smallest absolute Gasteiger partial charge is 0.244 e. The Morgan fingerprint density at radius 2 is 1.10 bits per heavy atom. The number of unbranched alkanes of at least 4 members (excludes halogenated alkanes) is 1. The second-order valence-electron chi connectivity index (χ2n) is 18.7. The fourth-order valence-corrected chi connectivity index (χ4v) is 9.03. The number of aromatic nitrogens is 1. The van der Waals surface area contributed by atoms with Gasteiger partial charge in [-0.25, -0.2) is 0 Å². The predicted octanol–water partition coefficient (Wildman–Crippen LogP) is 0.0827. The fraction of sp³-hybridized carbons (Fsp3) is 0.407. The van der Waals surface area contributed by atoms with Gasteiger partial charge in [-0.2, -0.15) is 25.3 Å². The number of hydrogen-bond acceptors (Lipinski definition) is 15. The third-order valence-electron chi connectivity index (χ3n) is 12.9. The number of aromatic amines is 1. The molecule has 0 bridgehead atoms. The third-order valence-corrected chi connectivity index (χ3v) is 13.7. The summed E-state index contributed by atoms with van der Waals surface area (Å²) in [6.45, 7) is 2.72. The molecule has 0 aliphatic carbocycles. The summed E-state index contributed by atoms with van der Waals surface area (Å²) in [5.74, 6) is -6.48. The maximum atomic E-state index is 14.7. The molecule has 9 atom stereocenters. The van der Waals surface area contributed by atoms with Crippen LogP contribution in [-0.2, 0) is 57.6 Å². The van der Waals surface area contributed by atoms with Gasteiger partial charge in [0.05, 0.1) is 18.7 Å². The molecule has 0 fully saturated rings. The van der Waals surface area contributed by atoms with Crippen LogP contribution in [0.15, 0.2) is 97.2 Å². The summed E-state index contributed by atoms with van der Waals surface area (Å²) in [6, 6.07) is 16.5. The van der Waals surface area contributed by atoms with Crippen LogP contribution < -0.4 is 54.4 Å². The van der Waals surface area contributed by atoms with Gasteiger partial charge in [0.15, 0.2) is 5.78 Å². The summed E-state index contributed by atoms with van der Waals surface area (Å²) < 4.78 is 0. The molecule has 1 heterocycles. The number of phenolic OH excluding ortho intramolecular Hbond substituents is 1. The van der Waals surface area contributed by atoms with Gasteiger partial charge in [-0.1, -0.05) is 79.7 Å². The first-order valence-corrected chi connectivity index (χ1v) is 26.7. The topological polar surface area (TPSA) is 355 Å². The van der Waals surface area contributed by atoms with E-state index < -0.39 is 108 Å². The Labute approximate surface area is 457 Å². The van der Waals surface area contributed by atoms with E-state index in [9.17, 15) is 48.6 Å². The van der Waals surface area contributed by atoms with Crippen molar-refractivity contribution in [2.24, 2.45) is 17.2 Å². The SMILES string of the molecule is CC[C@H](NC(=O)[C@H](CCCCN)NC(=O)[C@@H](Cc1c[nH]c2ccccc12)NC(=O)[C@H](Cc1ccc(O)cc1)NC(=O)[C@H](CS)NC(=O)[C@H](N)Cc1ccc2ccccc2c1)C(=O)N[C@@H](CS)C(=O)N[C@H](C(=O)CN)[C@@H](C)O. The van der Waals surface area contributed by atoms with Gasteiger partial charge in [-0.15, -0.1) is 0 Å². The molecule has 23 heteroatoms. The lowest BCUT2D eigenvalue weighted by molar-refractivity contribution is -0.135. The normalized spacial score (nSPS) is 14.8. The first kappa shape index (κ1) is 60.8. The zero-order valence-electron chi connectivity index (χ0n) is 43.0. The monoisotopic (exact) mass is 1100 g/mol. The van der Waals surface area contributed by atoms with Crippen molar-refractivity contribution in [2.45, 2.75) is 113 Å². The molecule has 1 aromatic heterocycles. The number of fused-ring (bicyclic) bond motifs is 2. The van der Waals surface area contributed by atoms with Gasteiger partial charge in [0.1, 0.15) is 48.0 Å². The zero-order chi connectivity index (χ0) is 56.2. The number of nitrogens with one attached hydrogen (secondary N) is 8. The molecule has 0 unspecified atom stereocenters. The highest BCUT2D eigenvalue weighted by molar-refractivity contribution is 7.80. The molecule has 21 nitrogen and oxygen atoms in total. The van der Waals surface area contributed by atoms with Crippen molar-refractivity contribution >= 4 is 94.1 Å². The van der Waals surface area contributed by atoms with Crippen molar-refractivity contribution in [3.05, 3.63) is 114 Å². The second kappa shape index (κ2) is 30.1. The van der Waals surface area contributed by atoms with Gasteiger partial charge in [0, 0.05) is 41.4 Å². The third kappa shape index (κ3) is 17.8. The predicted molar refractivity (Wildman–Crippen MR) is 300 cm³/mol. The van der Waals surface area contributed by atoms with Crippen LogP contribution in [0.3, 0.4) is 0 Å². The Hall–Kier alpha value is -7.02. The van der Waals surface area contributed by atoms with E-state index in [1.807, 2.05) is 66.7 Å². The number of aliphatic hydroxyl groups is 1. The zero-order valence-corrected chi connectivity index (χ0v) is 44.8. The maximum absolute atomic E-state index is 14.7. The minimum absolute atomic E-state index is 0.0349. The molecular formula is C54H71N11O10S2. The number of ketones is 1. The number of thiol groups is 2. The molecule has 414 valence electrons. The molecule has 0 saturated heterocycles. The summed E-state index contributed by atoms with van der Waals surface area (Å²) in [4.78, 5) is 113. The van der Waals surface area contributed by atoms with E-state index in [1.54, 1.807) is 25.3 Å². The van der Waals surface area contributed by atoms with E-state index in [0.29, 0.717) is 24.0 Å². The van der Waals surface area contributed by atoms with E-state index in [-0.39, 0.29) is 55.9 Å². The van der Waals surface area contributed by atoms with Gasteiger partial charge < -0.3 is 69.6 Å². The van der Waals surface area contributed by atoms with Crippen LogP contribution in [0.1, 0.15) is 56.2 Å². The van der Waals surface area contributed by atoms with Crippen molar-refractivity contribution in [1.82, 2.24) is 42.2 Å². The van der Waals surface area contributed by atoms with E-state index in [4.69, 9.17) is 17.2 Å². The number of hydrogen-bond donors (Lipinski definition) is 15. The number of amides is 7. The van der Waals surface area contributed by atoms with Crippen LogP contribution >= 0.6 is 25.3 Å². The van der Waals surface area contributed by atoms with E-state index in [2.05, 4.69) is 67.5 Å². The van der Waals surface area contributed by atoms with Crippen LogP contribution in [0, 0.1) is 0 Å². The van der Waals surface area contributed by atoms with Crippen LogP contribution in [0.5, 0.6) is 5.75 Å². The highest BCUT2D eigenvalue weighted by Crippen LogP contribution is 2.21. The Bertz CT molecular complexity index is 2830. The van der Waals surface area contributed by atoms with Crippen molar-refractivity contribution < 1.29 is 48.6 Å². The Kier molecular flexibility index (Phi) is 23.8. The molecule has 16 N–H and O–H groups in total. The van der Waals surface area contributed by atoms with Crippen molar-refractivity contribution in [1.29, 1.82) is 0 Å². The fourth-order valence-electron chi connectivity index (χ4n) is 8.51. The van der Waals surface area contributed by atoms with Gasteiger partial charge in [0.2, 0.25) is 41.4 Å². The minimum Gasteiger partial charge on any atom is -0.508 e. The van der Waals surface area contributed by atoms with Gasteiger partial charge in [-0.3, -0.25) is 38.4 Å². The molecule has 0 aliphatic heterocycles. The number of aliphatic hydroxyl groups excluding tert-OH is 1. The van der Waals surface area contributed by atoms with Gasteiger partial charge in [-0.05, 0) is 91.2 Å². The van der Waals surface area contributed by atoms with Crippen molar-refractivity contribution in [3.8, 4) is 5.75 Å². The standard InChI is InChI=1S/C54H71N11O10S2/c1-3-39(49(70)64-45(29-77)54(75)65-47(30(2)66)46(68)26-56)59-50(71)41(14-8-9-21-55)60-52(73)43(25-35-27-58-40-13-7-6-12-37(35)40)62-51(72)42(24-31-16-19-36(67)20-17-31)61-53(74)44(28-76)63-48(69)38(57)23-32-15-18-33-10-4-5-11-34(33)22-32/h4-7,10-13,15-20,22,27,30,38-39,41-45,47,58,66-67,76-77H,3,8-9,14,21,23-26,28-29,55-57H2,1-2H3,(H,59,71)(H,60,73)(H,61,74)(H,62,72)(H,63,69)(H,64,70)(H,65,75)/t30-,38-,39+,41+,42+,43-,44+,45+,47+/m1/s1. The highest BCUT2D eigenvalue weighted by Gasteiger charge is 2.35. The number of benzene rings is 4. The summed E-state index contributed by atoms with van der Waals surface area (Å²) in [7, 11) is 0. The highest BCUT2D eigenvalue weighted by atomic mass is 32.1. The summed E-state index contributed by atoms with van der Waals surface area (Å²) in [6.07, 6.45) is 1.23. The number of aromatic hydroxyl groups is 1. The van der Waals surface area contributed by atoms with Crippen LogP contribution in [0.4, 0.5) is 0 Å². The molecule has 5 aromatic rings. The van der Waals surface area contributed by atoms with Crippen LogP contribution in [0.2, 0.25) is 0 Å². The van der Waals surface area contributed by atoms with Crippen molar-refractivity contribution in [2.75, 3.05) is 24.6 Å². The van der Waals surface area contributed by atoms with Crippen LogP contribution in [0.25, 0.3) is 21.7 Å². The molecule has 5 rings (SSSR count). The molecule has 0 radical (unpaired) electrons. The lowest BCUT2D eigenvalue weighted by Gasteiger charge is -2.28.